The Balaban J connectivity index is 2.04. The van der Waals surface area contributed by atoms with Gasteiger partial charge in [-0.15, -0.1) is 0 Å². The largest absolute Gasteiger partial charge is 0.396 e. The lowest BCUT2D eigenvalue weighted by atomic mass is 9.93. The fraction of sp³-hybridized carbons (Fsp3) is 0.333. The standard InChI is InChI=1S/C18H22ClNO3S/c1-14-7-8-17(19)13-18(14)24(22,23)20-11-9-16(10-12-21)15-5-3-2-4-6-15/h2-8,13,16,20-21H,9-12H2,1H3. The van der Waals surface area contributed by atoms with Crippen LogP contribution in [-0.2, 0) is 10.0 Å². The highest BCUT2D eigenvalue weighted by Crippen LogP contribution is 2.23. The Hall–Kier alpha value is -1.40. The van der Waals surface area contributed by atoms with Crippen molar-refractivity contribution in [3.05, 3.63) is 64.7 Å². The highest BCUT2D eigenvalue weighted by molar-refractivity contribution is 7.89. The van der Waals surface area contributed by atoms with Crippen molar-refractivity contribution >= 4 is 21.6 Å². The highest BCUT2D eigenvalue weighted by atomic mass is 35.5. The zero-order valence-corrected chi connectivity index (χ0v) is 15.1. The van der Waals surface area contributed by atoms with Gasteiger partial charge in [0.05, 0.1) is 4.90 Å². The molecule has 6 heteroatoms. The van der Waals surface area contributed by atoms with Crippen LogP contribution in [0.3, 0.4) is 0 Å². The molecular formula is C18H22ClNO3S. The van der Waals surface area contributed by atoms with E-state index in [4.69, 9.17) is 11.6 Å². The number of rotatable bonds is 8. The Morgan fingerprint density at radius 3 is 2.50 bits per heavy atom. The third-order valence-electron chi connectivity index (χ3n) is 3.97. The summed E-state index contributed by atoms with van der Waals surface area (Å²) in [6.45, 7) is 2.11. The number of aliphatic hydroxyl groups is 1. The Labute approximate surface area is 148 Å². The van der Waals surface area contributed by atoms with Crippen molar-refractivity contribution in [3.63, 3.8) is 0 Å². The summed E-state index contributed by atoms with van der Waals surface area (Å²) >= 11 is 5.91. The first-order valence-electron chi connectivity index (χ1n) is 7.85. The molecule has 4 nitrogen and oxygen atoms in total. The number of hydrogen-bond donors (Lipinski definition) is 2. The van der Waals surface area contributed by atoms with Crippen LogP contribution < -0.4 is 4.72 Å². The third-order valence-corrected chi connectivity index (χ3v) is 5.81. The minimum Gasteiger partial charge on any atom is -0.396 e. The van der Waals surface area contributed by atoms with E-state index in [0.717, 1.165) is 5.56 Å². The first kappa shape index (κ1) is 18.9. The van der Waals surface area contributed by atoms with Gasteiger partial charge in [-0.25, -0.2) is 13.1 Å². The molecule has 24 heavy (non-hydrogen) atoms. The lowest BCUT2D eigenvalue weighted by Gasteiger charge is -2.17. The zero-order chi connectivity index (χ0) is 17.6. The number of benzene rings is 2. The maximum absolute atomic E-state index is 12.5. The molecule has 2 aromatic carbocycles. The van der Waals surface area contributed by atoms with E-state index in [1.54, 1.807) is 19.1 Å². The molecule has 0 radical (unpaired) electrons. The molecule has 0 aliphatic heterocycles. The Kier molecular flexibility index (Phi) is 6.80. The van der Waals surface area contributed by atoms with Crippen molar-refractivity contribution in [2.24, 2.45) is 0 Å². The lowest BCUT2D eigenvalue weighted by Crippen LogP contribution is -2.26. The molecule has 0 saturated carbocycles. The number of aliphatic hydroxyl groups excluding tert-OH is 1. The topological polar surface area (TPSA) is 66.4 Å². The summed E-state index contributed by atoms with van der Waals surface area (Å²) in [4.78, 5) is 0.202. The first-order chi connectivity index (χ1) is 11.4. The van der Waals surface area contributed by atoms with Crippen molar-refractivity contribution in [2.45, 2.75) is 30.6 Å². The predicted octanol–water partition coefficient (Wildman–Crippen LogP) is 3.48. The number of hydrogen-bond acceptors (Lipinski definition) is 3. The van der Waals surface area contributed by atoms with Crippen molar-refractivity contribution < 1.29 is 13.5 Å². The second-order valence-electron chi connectivity index (χ2n) is 5.72. The fourth-order valence-corrected chi connectivity index (χ4v) is 4.22. The van der Waals surface area contributed by atoms with Gasteiger partial charge in [-0.2, -0.15) is 0 Å². The van der Waals surface area contributed by atoms with Gasteiger partial charge >= 0.3 is 0 Å². The normalized spacial score (nSPS) is 13.0. The summed E-state index contributed by atoms with van der Waals surface area (Å²) in [5.74, 6) is 0.111. The van der Waals surface area contributed by atoms with E-state index in [1.807, 2.05) is 30.3 Å². The maximum atomic E-state index is 12.5. The molecule has 2 aromatic rings. The number of aryl methyl sites for hydroxylation is 1. The second kappa shape index (κ2) is 8.62. The summed E-state index contributed by atoms with van der Waals surface area (Å²) in [5, 5.41) is 9.64. The van der Waals surface area contributed by atoms with Crippen LogP contribution in [0.1, 0.15) is 29.9 Å². The molecule has 130 valence electrons. The van der Waals surface area contributed by atoms with Gasteiger partial charge in [0.2, 0.25) is 10.0 Å². The minimum absolute atomic E-state index is 0.0692. The summed E-state index contributed by atoms with van der Waals surface area (Å²) in [5.41, 5.74) is 1.76. The lowest BCUT2D eigenvalue weighted by molar-refractivity contribution is 0.273. The SMILES string of the molecule is Cc1ccc(Cl)cc1S(=O)(=O)NCCC(CCO)c1ccccc1. The van der Waals surface area contributed by atoms with E-state index in [1.165, 1.54) is 6.07 Å². The zero-order valence-electron chi connectivity index (χ0n) is 13.6. The monoisotopic (exact) mass is 367 g/mol. The van der Waals surface area contributed by atoms with E-state index in [-0.39, 0.29) is 17.4 Å². The predicted molar refractivity (Wildman–Crippen MR) is 96.9 cm³/mol. The van der Waals surface area contributed by atoms with Crippen LogP contribution in [0.5, 0.6) is 0 Å². The summed E-state index contributed by atoms with van der Waals surface area (Å²) in [6.07, 6.45) is 1.21. The average Bonchev–Trinajstić information content (AvgIpc) is 2.57. The summed E-state index contributed by atoms with van der Waals surface area (Å²) in [7, 11) is -3.60. The number of nitrogens with one attached hydrogen (secondary N) is 1. The molecule has 2 rings (SSSR count). The molecule has 0 aliphatic rings. The van der Waals surface area contributed by atoms with Gasteiger partial charge in [0.1, 0.15) is 0 Å². The van der Waals surface area contributed by atoms with Crippen LogP contribution in [0.15, 0.2) is 53.4 Å². The molecule has 0 spiro atoms. The molecule has 0 saturated heterocycles. The van der Waals surface area contributed by atoms with Crippen LogP contribution in [0.2, 0.25) is 5.02 Å². The van der Waals surface area contributed by atoms with Gasteiger partial charge in [-0.1, -0.05) is 48.0 Å². The van der Waals surface area contributed by atoms with Crippen LogP contribution in [0, 0.1) is 6.92 Å². The number of sulfonamides is 1. The van der Waals surface area contributed by atoms with Gasteiger partial charge in [-0.05, 0) is 48.9 Å². The smallest absolute Gasteiger partial charge is 0.240 e. The van der Waals surface area contributed by atoms with Crippen molar-refractivity contribution in [1.82, 2.24) is 4.72 Å². The minimum atomic E-state index is -3.60. The first-order valence-corrected chi connectivity index (χ1v) is 9.72. The van der Waals surface area contributed by atoms with Crippen molar-refractivity contribution in [3.8, 4) is 0 Å². The number of halogens is 1. The van der Waals surface area contributed by atoms with Gasteiger partial charge in [-0.3, -0.25) is 0 Å². The molecule has 1 atom stereocenters. The van der Waals surface area contributed by atoms with Gasteiger partial charge in [0.25, 0.3) is 0 Å². The molecule has 1 unspecified atom stereocenters. The van der Waals surface area contributed by atoms with E-state index < -0.39 is 10.0 Å². The van der Waals surface area contributed by atoms with E-state index >= 15 is 0 Å². The molecule has 0 aromatic heterocycles. The van der Waals surface area contributed by atoms with E-state index in [9.17, 15) is 13.5 Å². The molecule has 0 heterocycles. The maximum Gasteiger partial charge on any atom is 0.240 e. The van der Waals surface area contributed by atoms with Gasteiger partial charge in [0, 0.05) is 18.2 Å². The van der Waals surface area contributed by atoms with Gasteiger partial charge < -0.3 is 5.11 Å². The molecule has 2 N–H and O–H groups in total. The van der Waals surface area contributed by atoms with Crippen LogP contribution >= 0.6 is 11.6 Å². The third kappa shape index (κ3) is 5.05. The molecule has 0 aliphatic carbocycles. The van der Waals surface area contributed by atoms with Crippen molar-refractivity contribution in [2.75, 3.05) is 13.2 Å². The van der Waals surface area contributed by atoms with E-state index in [2.05, 4.69) is 4.72 Å². The molecular weight excluding hydrogens is 346 g/mol. The van der Waals surface area contributed by atoms with Crippen LogP contribution in [-0.4, -0.2) is 26.7 Å². The quantitative estimate of drug-likeness (QED) is 0.750. The molecule has 0 bridgehead atoms. The van der Waals surface area contributed by atoms with Crippen LogP contribution in [0.4, 0.5) is 0 Å². The van der Waals surface area contributed by atoms with Gasteiger partial charge in [0.15, 0.2) is 0 Å². The Morgan fingerprint density at radius 1 is 1.12 bits per heavy atom. The fourth-order valence-electron chi connectivity index (χ4n) is 2.67. The highest BCUT2D eigenvalue weighted by Gasteiger charge is 2.18. The molecule has 0 amide bonds. The Morgan fingerprint density at radius 2 is 1.83 bits per heavy atom. The molecule has 0 fully saturated rings. The van der Waals surface area contributed by atoms with Crippen molar-refractivity contribution in [1.29, 1.82) is 0 Å². The summed E-state index contributed by atoms with van der Waals surface area (Å²) < 4.78 is 27.6. The van der Waals surface area contributed by atoms with E-state index in [0.29, 0.717) is 30.0 Å². The second-order valence-corrected chi connectivity index (χ2v) is 7.89. The average molecular weight is 368 g/mol. The Bertz CT molecular complexity index is 763. The summed E-state index contributed by atoms with van der Waals surface area (Å²) in [6, 6.07) is 14.6. The van der Waals surface area contributed by atoms with Crippen LogP contribution in [0.25, 0.3) is 0 Å².